The van der Waals surface area contributed by atoms with Crippen LogP contribution in [0.2, 0.25) is 0 Å². The van der Waals surface area contributed by atoms with Crippen LogP contribution in [0, 0.1) is 6.92 Å². The molecule has 1 amide bonds. The van der Waals surface area contributed by atoms with Gasteiger partial charge in [-0.05, 0) is 56.2 Å². The van der Waals surface area contributed by atoms with Crippen LogP contribution in [0.5, 0.6) is 0 Å². The maximum Gasteiger partial charge on any atom is 0.291 e. The van der Waals surface area contributed by atoms with E-state index in [2.05, 4.69) is 20.2 Å². The van der Waals surface area contributed by atoms with Gasteiger partial charge >= 0.3 is 0 Å². The van der Waals surface area contributed by atoms with Gasteiger partial charge in [-0.25, -0.2) is 8.42 Å². The second-order valence-corrected chi connectivity index (χ2v) is 12.6. The number of benzene rings is 2. The van der Waals surface area contributed by atoms with Crippen LogP contribution in [-0.4, -0.2) is 50.3 Å². The van der Waals surface area contributed by atoms with E-state index >= 15 is 0 Å². The van der Waals surface area contributed by atoms with Crippen LogP contribution in [0.15, 0.2) is 57.8 Å². The van der Waals surface area contributed by atoms with Crippen LogP contribution in [0.25, 0.3) is 0 Å². The third kappa shape index (κ3) is 5.43. The van der Waals surface area contributed by atoms with Crippen LogP contribution in [0.1, 0.15) is 35.2 Å². The molecule has 1 aliphatic rings. The molecule has 0 radical (unpaired) electrons. The Kier molecular flexibility index (Phi) is 6.98. The fraction of sp³-hybridized carbons (Fsp3) is 0.286. The first-order chi connectivity index (χ1) is 16.1. The summed E-state index contributed by atoms with van der Waals surface area (Å²) in [6.07, 6.45) is 2.66. The number of rotatable bonds is 7. The smallest absolute Gasteiger partial charge is 0.291 e. The highest BCUT2D eigenvalue weighted by Crippen LogP contribution is 2.25. The summed E-state index contributed by atoms with van der Waals surface area (Å²) in [6.45, 7) is 2.87. The Morgan fingerprint density at radius 1 is 0.912 bits per heavy atom. The number of anilines is 2. The maximum absolute atomic E-state index is 12.8. The van der Waals surface area contributed by atoms with Gasteiger partial charge in [0.25, 0.3) is 20.3 Å². The summed E-state index contributed by atoms with van der Waals surface area (Å²) in [7, 11) is -7.70. The number of aryl methyl sites for hydroxylation is 1. The molecule has 3 aromatic rings. The molecule has 0 bridgehead atoms. The summed E-state index contributed by atoms with van der Waals surface area (Å²) in [5.74, 6) is -0.432. The largest absolute Gasteiger partial charge is 0.296 e. The van der Waals surface area contributed by atoms with Crippen molar-refractivity contribution in [3.63, 3.8) is 0 Å². The van der Waals surface area contributed by atoms with Crippen LogP contribution >= 0.6 is 11.3 Å². The van der Waals surface area contributed by atoms with Gasteiger partial charge in [0, 0.05) is 24.3 Å². The molecule has 1 saturated heterocycles. The van der Waals surface area contributed by atoms with Crippen molar-refractivity contribution in [3.05, 3.63) is 59.7 Å². The van der Waals surface area contributed by atoms with Crippen LogP contribution < -0.4 is 10.0 Å². The quantitative estimate of drug-likeness (QED) is 0.456. The van der Waals surface area contributed by atoms with Crippen LogP contribution in [0.3, 0.4) is 0 Å². The lowest BCUT2D eigenvalue weighted by Gasteiger charge is -2.25. The summed E-state index contributed by atoms with van der Waals surface area (Å²) in [6, 6.07) is 12.4. The van der Waals surface area contributed by atoms with E-state index in [1.807, 2.05) is 6.92 Å². The zero-order chi connectivity index (χ0) is 24.3. The molecule has 2 aromatic carbocycles. The van der Waals surface area contributed by atoms with E-state index in [4.69, 9.17) is 0 Å². The lowest BCUT2D eigenvalue weighted by atomic mass is 10.1. The van der Waals surface area contributed by atoms with Gasteiger partial charge in [-0.3, -0.25) is 14.8 Å². The average Bonchev–Trinajstić information content (AvgIpc) is 3.30. The molecule has 0 saturated carbocycles. The van der Waals surface area contributed by atoms with Gasteiger partial charge in [0.15, 0.2) is 0 Å². The molecule has 1 fully saturated rings. The number of nitrogens with one attached hydrogen (secondary N) is 2. The number of hydrogen-bond acceptors (Lipinski definition) is 8. The third-order valence-corrected chi connectivity index (χ3v) is 9.73. The Bertz CT molecular complexity index is 1380. The molecule has 4 rings (SSSR count). The number of aromatic nitrogens is 2. The Balaban J connectivity index is 1.43. The highest BCUT2D eigenvalue weighted by Gasteiger charge is 2.26. The summed E-state index contributed by atoms with van der Waals surface area (Å²) in [5, 5.41) is 9.97. The molecule has 2 N–H and O–H groups in total. The van der Waals surface area contributed by atoms with Gasteiger partial charge in [-0.15, -0.1) is 10.2 Å². The molecule has 34 heavy (non-hydrogen) atoms. The molecule has 0 unspecified atom stereocenters. The predicted octanol–water partition coefficient (Wildman–Crippen LogP) is 3.07. The van der Waals surface area contributed by atoms with Crippen molar-refractivity contribution in [1.82, 2.24) is 14.5 Å². The Hall–Kier alpha value is -2.87. The predicted molar refractivity (Wildman–Crippen MR) is 129 cm³/mol. The monoisotopic (exact) mass is 521 g/mol. The van der Waals surface area contributed by atoms with E-state index in [9.17, 15) is 21.6 Å². The zero-order valence-corrected chi connectivity index (χ0v) is 20.7. The van der Waals surface area contributed by atoms with Crippen LogP contribution in [0.4, 0.5) is 10.8 Å². The van der Waals surface area contributed by atoms with E-state index in [1.165, 1.54) is 28.6 Å². The lowest BCUT2D eigenvalue weighted by Crippen LogP contribution is -2.35. The summed E-state index contributed by atoms with van der Waals surface area (Å²) in [4.78, 5) is 12.4. The topological polar surface area (TPSA) is 138 Å². The highest BCUT2D eigenvalue weighted by atomic mass is 32.2. The van der Waals surface area contributed by atoms with E-state index < -0.39 is 26.0 Å². The minimum absolute atomic E-state index is 0.0360. The Labute approximate surface area is 202 Å². The molecule has 1 aromatic heterocycles. The zero-order valence-electron chi connectivity index (χ0n) is 18.3. The number of carbonyl (C=O) groups is 1. The van der Waals surface area contributed by atoms with Crippen molar-refractivity contribution in [2.75, 3.05) is 23.1 Å². The minimum Gasteiger partial charge on any atom is -0.296 e. The number of piperidine rings is 1. The first kappa shape index (κ1) is 24.3. The summed E-state index contributed by atoms with van der Waals surface area (Å²) < 4.78 is 54.4. The van der Waals surface area contributed by atoms with Crippen molar-refractivity contribution < 1.29 is 21.6 Å². The van der Waals surface area contributed by atoms with Crippen LogP contribution in [-0.2, 0) is 20.0 Å². The normalized spacial score (nSPS) is 15.1. The first-order valence-electron chi connectivity index (χ1n) is 10.5. The second-order valence-electron chi connectivity index (χ2n) is 7.79. The maximum atomic E-state index is 12.8. The minimum atomic E-state index is -4.08. The molecule has 1 aliphatic heterocycles. The summed E-state index contributed by atoms with van der Waals surface area (Å²) in [5.41, 5.74) is 1.59. The van der Waals surface area contributed by atoms with Gasteiger partial charge in [-0.1, -0.05) is 35.5 Å². The molecule has 2 heterocycles. The summed E-state index contributed by atoms with van der Waals surface area (Å²) >= 11 is 0.704. The number of carbonyl (C=O) groups excluding carboxylic acids is 1. The van der Waals surface area contributed by atoms with Gasteiger partial charge in [0.2, 0.25) is 15.2 Å². The third-order valence-electron chi connectivity index (χ3n) is 5.23. The molecule has 13 heteroatoms. The van der Waals surface area contributed by atoms with E-state index in [0.717, 1.165) is 24.8 Å². The fourth-order valence-electron chi connectivity index (χ4n) is 3.39. The lowest BCUT2D eigenvalue weighted by molar-refractivity contribution is 0.102. The fourth-order valence-corrected chi connectivity index (χ4v) is 6.86. The molecule has 10 nitrogen and oxygen atoms in total. The van der Waals surface area contributed by atoms with Gasteiger partial charge in [-0.2, -0.15) is 12.7 Å². The SMILES string of the molecule is Cc1ccc(C(=O)Nc2nnc(S(=O)(=O)Nc3ccc(S(=O)(=O)N4CCCCC4)cc3)s2)cc1. The second kappa shape index (κ2) is 9.78. The molecular formula is C21H23N5O5S3. The average molecular weight is 522 g/mol. The molecule has 0 spiro atoms. The van der Waals surface area contributed by atoms with Crippen molar-refractivity contribution in [2.45, 2.75) is 35.4 Å². The number of nitrogens with zero attached hydrogens (tertiary/aromatic N) is 3. The van der Waals surface area contributed by atoms with E-state index in [1.54, 1.807) is 24.3 Å². The number of amides is 1. The number of hydrogen-bond donors (Lipinski definition) is 2. The van der Waals surface area contributed by atoms with Gasteiger partial charge < -0.3 is 0 Å². The Morgan fingerprint density at radius 2 is 1.56 bits per heavy atom. The molecule has 180 valence electrons. The van der Waals surface area contributed by atoms with Gasteiger partial charge in [0.05, 0.1) is 4.90 Å². The van der Waals surface area contributed by atoms with Crippen molar-refractivity contribution in [3.8, 4) is 0 Å². The van der Waals surface area contributed by atoms with Crippen molar-refractivity contribution in [2.24, 2.45) is 0 Å². The number of sulfonamides is 2. The molecule has 0 atom stereocenters. The van der Waals surface area contributed by atoms with Crippen molar-refractivity contribution >= 4 is 48.1 Å². The van der Waals surface area contributed by atoms with E-state index in [0.29, 0.717) is 30.0 Å². The first-order valence-corrected chi connectivity index (χ1v) is 14.2. The Morgan fingerprint density at radius 3 is 2.21 bits per heavy atom. The van der Waals surface area contributed by atoms with E-state index in [-0.39, 0.29) is 20.1 Å². The van der Waals surface area contributed by atoms with Crippen molar-refractivity contribution in [1.29, 1.82) is 0 Å². The standard InChI is InChI=1S/C21H23N5O5S3/c1-15-5-7-16(8-6-15)19(27)22-20-23-24-21(32-20)33(28,29)25-17-9-11-18(12-10-17)34(30,31)26-13-3-2-4-14-26/h5-12,25H,2-4,13-14H2,1H3,(H,22,23,27). The van der Waals surface area contributed by atoms with Gasteiger partial charge in [0.1, 0.15) is 0 Å². The molecule has 0 aliphatic carbocycles. The molecular weight excluding hydrogens is 498 g/mol. The highest BCUT2D eigenvalue weighted by molar-refractivity contribution is 7.94.